The first-order chi connectivity index (χ1) is 12.6. The number of nitrogens with one attached hydrogen (secondary N) is 1. The van der Waals surface area contributed by atoms with Crippen LogP contribution < -0.4 is 20.7 Å². The average molecular weight is 353 g/mol. The molecule has 6 nitrogen and oxygen atoms in total. The third-order valence-electron chi connectivity index (χ3n) is 4.55. The number of nitrogens with zero attached hydrogens (tertiary/aromatic N) is 1. The number of methoxy groups -OCH3 is 1. The van der Waals surface area contributed by atoms with Gasteiger partial charge in [0.05, 0.1) is 19.7 Å². The summed E-state index contributed by atoms with van der Waals surface area (Å²) < 4.78 is 5.11. The van der Waals surface area contributed by atoms with E-state index in [0.29, 0.717) is 13.0 Å². The van der Waals surface area contributed by atoms with Gasteiger partial charge in [-0.1, -0.05) is 30.3 Å². The van der Waals surface area contributed by atoms with E-state index in [1.54, 1.807) is 24.1 Å². The van der Waals surface area contributed by atoms with Crippen LogP contribution >= 0.6 is 0 Å². The number of hydrogen-bond donors (Lipinski definition) is 2. The number of ether oxygens (including phenoxy) is 1. The summed E-state index contributed by atoms with van der Waals surface area (Å²) in [4.78, 5) is 26.1. The summed E-state index contributed by atoms with van der Waals surface area (Å²) in [6.45, 7) is 0.447. The lowest BCUT2D eigenvalue weighted by Gasteiger charge is -2.39. The van der Waals surface area contributed by atoms with Crippen LogP contribution in [0.3, 0.4) is 0 Å². The van der Waals surface area contributed by atoms with Gasteiger partial charge in [0.15, 0.2) is 0 Å². The predicted molar refractivity (Wildman–Crippen MR) is 100 cm³/mol. The molecule has 1 fully saturated rings. The van der Waals surface area contributed by atoms with E-state index in [1.165, 1.54) is 0 Å². The number of amides is 2. The zero-order valence-electron chi connectivity index (χ0n) is 14.7. The van der Waals surface area contributed by atoms with Crippen LogP contribution in [0.15, 0.2) is 54.6 Å². The van der Waals surface area contributed by atoms with Crippen molar-refractivity contribution >= 4 is 17.5 Å². The highest BCUT2D eigenvalue weighted by Crippen LogP contribution is 2.24. The van der Waals surface area contributed by atoms with Crippen molar-refractivity contribution in [2.24, 2.45) is 5.73 Å². The lowest BCUT2D eigenvalue weighted by molar-refractivity contribution is -0.131. The minimum Gasteiger partial charge on any atom is -0.497 e. The molecule has 136 valence electrons. The lowest BCUT2D eigenvalue weighted by Crippen LogP contribution is -2.65. The fourth-order valence-corrected chi connectivity index (χ4v) is 2.91. The third-order valence-corrected chi connectivity index (χ3v) is 4.55. The largest absolute Gasteiger partial charge is 0.497 e. The van der Waals surface area contributed by atoms with E-state index in [9.17, 15) is 9.59 Å². The maximum Gasteiger partial charge on any atom is 0.251 e. The number of anilines is 1. The molecule has 2 aromatic carbocycles. The Balaban J connectivity index is 1.47. The first-order valence-corrected chi connectivity index (χ1v) is 8.64. The second kappa shape index (κ2) is 8.01. The molecular formula is C20H23N3O3. The van der Waals surface area contributed by atoms with Crippen molar-refractivity contribution in [1.29, 1.82) is 0 Å². The van der Waals surface area contributed by atoms with E-state index in [1.807, 2.05) is 42.5 Å². The summed E-state index contributed by atoms with van der Waals surface area (Å²) in [5, 5.41) is 2.74. The van der Waals surface area contributed by atoms with Crippen LogP contribution in [-0.4, -0.2) is 37.6 Å². The molecule has 0 radical (unpaired) electrons. The Morgan fingerprint density at radius 1 is 1.23 bits per heavy atom. The Labute approximate surface area is 152 Å². The summed E-state index contributed by atoms with van der Waals surface area (Å²) in [5.74, 6) is 0.323. The molecule has 3 rings (SSSR count). The molecule has 2 amide bonds. The van der Waals surface area contributed by atoms with Gasteiger partial charge in [-0.15, -0.1) is 0 Å². The van der Waals surface area contributed by atoms with Gasteiger partial charge in [-0.05, 0) is 42.7 Å². The predicted octanol–water partition coefficient (Wildman–Crippen LogP) is 1.49. The van der Waals surface area contributed by atoms with Gasteiger partial charge in [-0.2, -0.15) is 0 Å². The standard InChI is InChI=1S/C20H23N3O3/c1-26-16-10-8-15(9-11-16)23-13-18(20(23)25)22-19(24)17(21)12-7-14-5-3-2-4-6-14/h2-6,8-11,17-18H,7,12-13,21H2,1H3,(H,22,24)/t17?,18-/m1/s1. The zero-order valence-corrected chi connectivity index (χ0v) is 14.7. The molecule has 26 heavy (non-hydrogen) atoms. The van der Waals surface area contributed by atoms with Crippen LogP contribution in [0.25, 0.3) is 0 Å². The summed E-state index contributed by atoms with van der Waals surface area (Å²) in [6.07, 6.45) is 1.27. The number of hydrogen-bond acceptors (Lipinski definition) is 4. The van der Waals surface area contributed by atoms with Gasteiger partial charge in [0.1, 0.15) is 11.8 Å². The van der Waals surface area contributed by atoms with Gasteiger partial charge in [0, 0.05) is 5.69 Å². The SMILES string of the molecule is COc1ccc(N2C[C@@H](NC(=O)C(N)CCc3ccccc3)C2=O)cc1. The number of β-lactam (4-membered cyclic amide) rings is 1. The average Bonchev–Trinajstić information content (AvgIpc) is 2.69. The van der Waals surface area contributed by atoms with E-state index in [-0.39, 0.29) is 11.8 Å². The summed E-state index contributed by atoms with van der Waals surface area (Å²) >= 11 is 0. The normalized spacial score (nSPS) is 17.4. The van der Waals surface area contributed by atoms with E-state index < -0.39 is 12.1 Å². The second-order valence-corrected chi connectivity index (χ2v) is 6.34. The molecule has 1 aliphatic heterocycles. The number of rotatable bonds is 7. The lowest BCUT2D eigenvalue weighted by atomic mass is 10.0. The maximum atomic E-state index is 12.3. The molecule has 1 unspecified atom stereocenters. The number of benzene rings is 2. The second-order valence-electron chi connectivity index (χ2n) is 6.34. The topological polar surface area (TPSA) is 84.7 Å². The Morgan fingerprint density at radius 3 is 2.54 bits per heavy atom. The Morgan fingerprint density at radius 2 is 1.92 bits per heavy atom. The zero-order chi connectivity index (χ0) is 18.5. The molecule has 0 bridgehead atoms. The highest BCUT2D eigenvalue weighted by Gasteiger charge is 2.39. The summed E-state index contributed by atoms with van der Waals surface area (Å²) in [5.41, 5.74) is 7.89. The highest BCUT2D eigenvalue weighted by molar-refractivity contribution is 6.06. The Bertz CT molecular complexity index is 762. The van der Waals surface area contributed by atoms with Crippen molar-refractivity contribution in [2.75, 3.05) is 18.6 Å². The molecule has 0 saturated carbocycles. The van der Waals surface area contributed by atoms with Crippen molar-refractivity contribution < 1.29 is 14.3 Å². The number of nitrogens with two attached hydrogens (primary N) is 1. The molecule has 3 N–H and O–H groups in total. The molecule has 2 atom stereocenters. The van der Waals surface area contributed by atoms with Gasteiger partial charge in [-0.3, -0.25) is 9.59 Å². The van der Waals surface area contributed by atoms with Crippen molar-refractivity contribution in [3.8, 4) is 5.75 Å². The number of carbonyl (C=O) groups is 2. The molecule has 1 heterocycles. The van der Waals surface area contributed by atoms with Crippen molar-refractivity contribution in [3.05, 3.63) is 60.2 Å². The molecule has 1 aliphatic rings. The van der Waals surface area contributed by atoms with E-state index in [0.717, 1.165) is 23.4 Å². The highest BCUT2D eigenvalue weighted by atomic mass is 16.5. The van der Waals surface area contributed by atoms with Crippen LogP contribution in [0.5, 0.6) is 5.75 Å². The first-order valence-electron chi connectivity index (χ1n) is 8.64. The molecule has 6 heteroatoms. The fraction of sp³-hybridized carbons (Fsp3) is 0.300. The molecular weight excluding hydrogens is 330 g/mol. The minimum absolute atomic E-state index is 0.126. The Hall–Kier alpha value is -2.86. The molecule has 2 aromatic rings. The number of aryl methyl sites for hydroxylation is 1. The van der Waals surface area contributed by atoms with Gasteiger partial charge < -0.3 is 20.7 Å². The molecule has 0 aromatic heterocycles. The fourth-order valence-electron chi connectivity index (χ4n) is 2.91. The summed E-state index contributed by atoms with van der Waals surface area (Å²) in [7, 11) is 1.59. The molecule has 0 aliphatic carbocycles. The first kappa shape index (κ1) is 17.9. The van der Waals surface area contributed by atoms with E-state index in [4.69, 9.17) is 10.5 Å². The smallest absolute Gasteiger partial charge is 0.251 e. The molecule has 1 saturated heterocycles. The van der Waals surface area contributed by atoms with Crippen LogP contribution in [0.2, 0.25) is 0 Å². The van der Waals surface area contributed by atoms with Crippen LogP contribution in [-0.2, 0) is 16.0 Å². The number of carbonyl (C=O) groups excluding carboxylic acids is 2. The van der Waals surface area contributed by atoms with E-state index >= 15 is 0 Å². The van der Waals surface area contributed by atoms with Gasteiger partial charge in [-0.25, -0.2) is 0 Å². The minimum atomic E-state index is -0.627. The monoisotopic (exact) mass is 353 g/mol. The summed E-state index contributed by atoms with van der Waals surface area (Å²) in [6, 6.07) is 16.0. The van der Waals surface area contributed by atoms with Crippen LogP contribution in [0.1, 0.15) is 12.0 Å². The molecule has 0 spiro atoms. The maximum absolute atomic E-state index is 12.3. The van der Waals surface area contributed by atoms with Crippen LogP contribution in [0.4, 0.5) is 5.69 Å². The van der Waals surface area contributed by atoms with Gasteiger partial charge in [0.2, 0.25) is 5.91 Å². The van der Waals surface area contributed by atoms with Gasteiger partial charge in [0.25, 0.3) is 5.91 Å². The van der Waals surface area contributed by atoms with E-state index in [2.05, 4.69) is 5.32 Å². The van der Waals surface area contributed by atoms with Crippen molar-refractivity contribution in [2.45, 2.75) is 24.9 Å². The Kier molecular flexibility index (Phi) is 5.53. The van der Waals surface area contributed by atoms with Crippen molar-refractivity contribution in [1.82, 2.24) is 5.32 Å². The quantitative estimate of drug-likeness (QED) is 0.739. The van der Waals surface area contributed by atoms with Crippen molar-refractivity contribution in [3.63, 3.8) is 0 Å². The van der Waals surface area contributed by atoms with Crippen LogP contribution in [0, 0.1) is 0 Å². The van der Waals surface area contributed by atoms with Gasteiger partial charge >= 0.3 is 0 Å². The third kappa shape index (κ3) is 4.03.